The molecule has 0 rings (SSSR count). The number of phosphoric acid groups is 1. The molecular formula is C65H124N2O7P+. The molecule has 0 aliphatic carbocycles. The molecule has 0 aliphatic heterocycles. The predicted octanol–water partition coefficient (Wildman–Crippen LogP) is 19.7. The maximum absolute atomic E-state index is 13.5. The van der Waals surface area contributed by atoms with Crippen LogP contribution in [0.4, 0.5) is 0 Å². The third kappa shape index (κ3) is 56.5. The topological polar surface area (TPSA) is 111 Å². The van der Waals surface area contributed by atoms with Gasteiger partial charge in [0.05, 0.1) is 33.8 Å². The van der Waals surface area contributed by atoms with E-state index >= 15 is 0 Å². The van der Waals surface area contributed by atoms with Crippen molar-refractivity contribution in [3.8, 4) is 0 Å². The minimum absolute atomic E-state index is 0.0391. The number of allylic oxidation sites excluding steroid dienone is 7. The fourth-order valence-corrected chi connectivity index (χ4v) is 10.0. The highest BCUT2D eigenvalue weighted by molar-refractivity contribution is 7.47. The van der Waals surface area contributed by atoms with Gasteiger partial charge in [-0.05, 0) is 70.3 Å². The summed E-state index contributed by atoms with van der Waals surface area (Å²) in [5, 5.41) is 3.06. The Bertz CT molecular complexity index is 1420. The molecule has 440 valence electrons. The molecule has 0 saturated carbocycles. The first-order chi connectivity index (χ1) is 36.4. The second-order valence-corrected chi connectivity index (χ2v) is 24.4. The van der Waals surface area contributed by atoms with E-state index in [0.717, 1.165) is 83.5 Å². The number of esters is 1. The summed E-state index contributed by atoms with van der Waals surface area (Å²) in [7, 11) is 1.50. The van der Waals surface area contributed by atoms with Crippen LogP contribution in [0.5, 0.6) is 0 Å². The fourth-order valence-electron chi connectivity index (χ4n) is 9.30. The molecule has 0 heterocycles. The van der Waals surface area contributed by atoms with E-state index in [9.17, 15) is 19.0 Å². The van der Waals surface area contributed by atoms with Gasteiger partial charge in [-0.15, -0.1) is 0 Å². The van der Waals surface area contributed by atoms with Gasteiger partial charge >= 0.3 is 13.8 Å². The predicted molar refractivity (Wildman–Crippen MR) is 323 cm³/mol. The van der Waals surface area contributed by atoms with Crippen LogP contribution in [0, 0.1) is 0 Å². The van der Waals surface area contributed by atoms with Gasteiger partial charge in [0.1, 0.15) is 19.3 Å². The zero-order valence-corrected chi connectivity index (χ0v) is 51.2. The number of hydrogen-bond donors (Lipinski definition) is 2. The summed E-state index contributed by atoms with van der Waals surface area (Å²) in [6.45, 7) is 7.00. The number of rotatable bonds is 58. The van der Waals surface area contributed by atoms with Crippen molar-refractivity contribution >= 4 is 19.7 Å². The maximum atomic E-state index is 13.5. The van der Waals surface area contributed by atoms with E-state index in [1.807, 2.05) is 33.3 Å². The van der Waals surface area contributed by atoms with Gasteiger partial charge < -0.3 is 19.4 Å². The van der Waals surface area contributed by atoms with Crippen molar-refractivity contribution in [1.29, 1.82) is 0 Å². The van der Waals surface area contributed by atoms with E-state index in [1.165, 1.54) is 186 Å². The Morgan fingerprint density at radius 1 is 0.467 bits per heavy atom. The van der Waals surface area contributed by atoms with Gasteiger partial charge in [0.2, 0.25) is 5.91 Å². The fraction of sp³-hybridized carbons (Fsp3) is 0.846. The van der Waals surface area contributed by atoms with Crippen LogP contribution in [-0.4, -0.2) is 74.3 Å². The van der Waals surface area contributed by atoms with Crippen molar-refractivity contribution < 1.29 is 37.3 Å². The maximum Gasteiger partial charge on any atom is 0.472 e. The first-order valence-electron chi connectivity index (χ1n) is 32.0. The van der Waals surface area contributed by atoms with Crippen LogP contribution in [0.3, 0.4) is 0 Å². The average Bonchev–Trinajstić information content (AvgIpc) is 3.37. The molecule has 3 unspecified atom stereocenters. The Balaban J connectivity index is 5.19. The SMILES string of the molecule is CCCCC/C=C\C/C=C\C/C=C\CCCCCCCCC(=O)OC(/C=C/CCCCCCCCCCC)C(COP(=O)(O)OCC[N+](C)(C)C)NC(=O)CCCCCCCCCCCCCCCCCCCCC. The number of carbonyl (C=O) groups excluding carboxylic acids is 2. The monoisotopic (exact) mass is 1080 g/mol. The van der Waals surface area contributed by atoms with E-state index in [1.54, 1.807) is 0 Å². The first-order valence-corrected chi connectivity index (χ1v) is 33.5. The Hall–Kier alpha value is -2.03. The number of quaternary nitrogens is 1. The van der Waals surface area contributed by atoms with Crippen LogP contribution in [-0.2, 0) is 27.9 Å². The lowest BCUT2D eigenvalue weighted by Crippen LogP contribution is -2.47. The number of amides is 1. The standard InChI is InChI=1S/C65H123N2O7P/c1-7-10-13-16-19-22-25-27-29-31-33-35-37-39-42-45-48-51-54-57-64(68)66-62(61-73-75(70,71)72-60-59-67(4,5)6)63(56-53-50-47-44-41-24-21-18-15-12-9-3)74-65(69)58-55-52-49-46-43-40-38-36-34-32-30-28-26-23-20-17-14-11-8-2/h20,23,28,30,34,36,53,56,62-63H,7-19,21-22,24-27,29,31-33,35,37-52,54-55,57-61H2,1-6H3,(H-,66,68,70,71)/p+1/b23-20-,30-28-,36-34-,56-53+. The number of nitrogens with zero attached hydrogens (tertiary/aromatic N) is 1. The summed E-state index contributed by atoms with van der Waals surface area (Å²) in [5.41, 5.74) is 0. The van der Waals surface area contributed by atoms with E-state index < -0.39 is 20.0 Å². The molecule has 1 amide bonds. The molecule has 0 saturated heterocycles. The van der Waals surface area contributed by atoms with E-state index in [4.69, 9.17) is 13.8 Å². The van der Waals surface area contributed by atoms with Crippen molar-refractivity contribution in [3.05, 3.63) is 48.6 Å². The molecule has 2 N–H and O–H groups in total. The van der Waals surface area contributed by atoms with Gasteiger partial charge in [0.25, 0.3) is 0 Å². The number of ether oxygens (including phenoxy) is 1. The van der Waals surface area contributed by atoms with Gasteiger partial charge in [-0.1, -0.05) is 269 Å². The van der Waals surface area contributed by atoms with Crippen molar-refractivity contribution in [2.24, 2.45) is 0 Å². The summed E-state index contributed by atoms with van der Waals surface area (Å²) in [6.07, 6.45) is 68.2. The van der Waals surface area contributed by atoms with Gasteiger partial charge in [0, 0.05) is 12.8 Å². The molecule has 0 bridgehead atoms. The minimum atomic E-state index is -4.45. The molecule has 0 radical (unpaired) electrons. The molecule has 0 aromatic rings. The lowest BCUT2D eigenvalue weighted by atomic mass is 10.0. The largest absolute Gasteiger partial charge is 0.472 e. The van der Waals surface area contributed by atoms with Gasteiger partial charge in [-0.2, -0.15) is 0 Å². The molecule has 0 aromatic carbocycles. The molecule has 10 heteroatoms. The summed E-state index contributed by atoms with van der Waals surface area (Å²) in [6, 6.07) is -0.851. The highest BCUT2D eigenvalue weighted by Crippen LogP contribution is 2.43. The summed E-state index contributed by atoms with van der Waals surface area (Å²) in [5.74, 6) is -0.509. The molecular weight excluding hydrogens is 952 g/mol. The lowest BCUT2D eigenvalue weighted by molar-refractivity contribution is -0.870. The summed E-state index contributed by atoms with van der Waals surface area (Å²) < 4.78 is 30.7. The van der Waals surface area contributed by atoms with Gasteiger partial charge in [0.15, 0.2) is 0 Å². The Morgan fingerprint density at radius 3 is 1.24 bits per heavy atom. The quantitative estimate of drug-likeness (QED) is 0.0205. The highest BCUT2D eigenvalue weighted by atomic mass is 31.2. The number of nitrogens with one attached hydrogen (secondary N) is 1. The normalized spacial score (nSPS) is 14.0. The third-order valence-electron chi connectivity index (χ3n) is 14.3. The van der Waals surface area contributed by atoms with Crippen molar-refractivity contribution in [2.45, 2.75) is 315 Å². The summed E-state index contributed by atoms with van der Waals surface area (Å²) in [4.78, 5) is 37.7. The average molecular weight is 1080 g/mol. The molecule has 9 nitrogen and oxygen atoms in total. The van der Waals surface area contributed by atoms with Crippen molar-refractivity contribution in [2.75, 3.05) is 40.9 Å². The van der Waals surface area contributed by atoms with Gasteiger partial charge in [-0.25, -0.2) is 4.57 Å². The van der Waals surface area contributed by atoms with E-state index in [0.29, 0.717) is 17.4 Å². The Kier molecular flexibility index (Phi) is 53.8. The molecule has 0 aromatic heterocycles. The molecule has 0 fully saturated rings. The van der Waals surface area contributed by atoms with Crippen LogP contribution in [0.2, 0.25) is 0 Å². The molecule has 0 spiro atoms. The van der Waals surface area contributed by atoms with Crippen LogP contribution in [0.25, 0.3) is 0 Å². The number of hydrogen-bond acceptors (Lipinski definition) is 6. The Labute approximate surface area is 465 Å². The third-order valence-corrected chi connectivity index (χ3v) is 15.3. The number of likely N-dealkylation sites (N-methyl/N-ethyl adjacent to an activating group) is 1. The smallest absolute Gasteiger partial charge is 0.456 e. The molecule has 75 heavy (non-hydrogen) atoms. The second-order valence-electron chi connectivity index (χ2n) is 22.9. The zero-order chi connectivity index (χ0) is 55.0. The molecule has 3 atom stereocenters. The van der Waals surface area contributed by atoms with Crippen LogP contribution in [0.15, 0.2) is 48.6 Å². The van der Waals surface area contributed by atoms with E-state index in [-0.39, 0.29) is 31.5 Å². The molecule has 0 aliphatic rings. The first kappa shape index (κ1) is 73.0. The van der Waals surface area contributed by atoms with Crippen molar-refractivity contribution in [1.82, 2.24) is 5.32 Å². The second kappa shape index (κ2) is 55.3. The Morgan fingerprint density at radius 2 is 0.813 bits per heavy atom. The van der Waals surface area contributed by atoms with E-state index in [2.05, 4.69) is 62.5 Å². The number of phosphoric ester groups is 1. The number of unbranched alkanes of at least 4 members (excludes halogenated alkanes) is 36. The van der Waals surface area contributed by atoms with Crippen LogP contribution in [0.1, 0.15) is 303 Å². The van der Waals surface area contributed by atoms with Crippen LogP contribution < -0.4 is 5.32 Å². The van der Waals surface area contributed by atoms with Crippen LogP contribution >= 0.6 is 7.82 Å². The summed E-state index contributed by atoms with van der Waals surface area (Å²) >= 11 is 0. The van der Waals surface area contributed by atoms with Gasteiger partial charge in [-0.3, -0.25) is 18.6 Å². The minimum Gasteiger partial charge on any atom is -0.456 e. The lowest BCUT2D eigenvalue weighted by Gasteiger charge is -2.27. The zero-order valence-electron chi connectivity index (χ0n) is 50.3. The highest BCUT2D eigenvalue weighted by Gasteiger charge is 2.30. The number of carbonyl (C=O) groups is 2. The van der Waals surface area contributed by atoms with Crippen molar-refractivity contribution in [3.63, 3.8) is 0 Å².